The predicted octanol–water partition coefficient (Wildman–Crippen LogP) is 2.22. The summed E-state index contributed by atoms with van der Waals surface area (Å²) in [6.45, 7) is 1.90. The van der Waals surface area contributed by atoms with E-state index < -0.39 is 6.04 Å². The van der Waals surface area contributed by atoms with Crippen molar-refractivity contribution in [3.63, 3.8) is 0 Å². The molecule has 0 amide bonds. The number of aromatic nitrogens is 2. The van der Waals surface area contributed by atoms with E-state index in [0.717, 1.165) is 5.56 Å². The monoisotopic (exact) mass is 272 g/mol. The van der Waals surface area contributed by atoms with Gasteiger partial charge in [-0.3, -0.25) is 5.84 Å². The van der Waals surface area contributed by atoms with E-state index in [1.807, 2.05) is 6.92 Å². The van der Waals surface area contributed by atoms with Crippen LogP contribution in [0.25, 0.3) is 11.0 Å². The third kappa shape index (κ3) is 2.26. The van der Waals surface area contributed by atoms with Crippen LogP contribution in [0, 0.1) is 12.7 Å². The molecule has 0 fully saturated rings. The van der Waals surface area contributed by atoms with Crippen molar-refractivity contribution in [2.75, 3.05) is 0 Å². The molecule has 1 aromatic carbocycles. The van der Waals surface area contributed by atoms with Gasteiger partial charge in [0.25, 0.3) is 0 Å². The Labute approximate surface area is 114 Å². The van der Waals surface area contributed by atoms with Crippen LogP contribution in [-0.2, 0) is 0 Å². The summed E-state index contributed by atoms with van der Waals surface area (Å²) in [5.41, 5.74) is 4.16. The summed E-state index contributed by atoms with van der Waals surface area (Å²) in [5.74, 6) is 6.29. The van der Waals surface area contributed by atoms with Crippen molar-refractivity contribution in [2.24, 2.45) is 5.84 Å². The largest absolute Gasteiger partial charge is 0.459 e. The lowest BCUT2D eigenvalue weighted by Gasteiger charge is -2.11. The van der Waals surface area contributed by atoms with Crippen molar-refractivity contribution in [3.05, 3.63) is 59.6 Å². The Kier molecular flexibility index (Phi) is 3.17. The fourth-order valence-electron chi connectivity index (χ4n) is 2.01. The highest BCUT2D eigenvalue weighted by atomic mass is 19.1. The number of rotatable bonds is 3. The Balaban J connectivity index is 2.04. The zero-order chi connectivity index (χ0) is 14.1. The van der Waals surface area contributed by atoms with Gasteiger partial charge in [-0.2, -0.15) is 0 Å². The minimum atomic E-state index is -0.480. The molecule has 102 valence electrons. The maximum absolute atomic E-state index is 13.2. The van der Waals surface area contributed by atoms with E-state index in [2.05, 4.69) is 15.4 Å². The molecule has 6 heteroatoms. The normalized spacial score (nSPS) is 12.8. The van der Waals surface area contributed by atoms with Crippen molar-refractivity contribution >= 4 is 11.0 Å². The van der Waals surface area contributed by atoms with E-state index in [4.69, 9.17) is 10.3 Å². The summed E-state index contributed by atoms with van der Waals surface area (Å²) in [7, 11) is 0. The number of fused-ring (bicyclic) bond motifs is 1. The number of nitrogens with two attached hydrogens (primary N) is 1. The van der Waals surface area contributed by atoms with Crippen LogP contribution in [0.1, 0.15) is 23.2 Å². The second-order valence-corrected chi connectivity index (χ2v) is 4.55. The van der Waals surface area contributed by atoms with Crippen molar-refractivity contribution < 1.29 is 8.81 Å². The lowest BCUT2D eigenvalue weighted by atomic mass is 10.2. The van der Waals surface area contributed by atoms with Crippen LogP contribution in [0.15, 0.2) is 41.1 Å². The van der Waals surface area contributed by atoms with Crippen molar-refractivity contribution in [3.8, 4) is 0 Å². The van der Waals surface area contributed by atoms with E-state index in [-0.39, 0.29) is 5.82 Å². The van der Waals surface area contributed by atoms with E-state index >= 15 is 0 Å². The van der Waals surface area contributed by atoms with Crippen molar-refractivity contribution in [1.82, 2.24) is 15.4 Å². The fourth-order valence-corrected chi connectivity index (χ4v) is 2.01. The molecule has 0 radical (unpaired) electrons. The molecular weight excluding hydrogens is 259 g/mol. The smallest absolute Gasteiger partial charge is 0.154 e. The Morgan fingerprint density at radius 1 is 1.25 bits per heavy atom. The first-order valence-electron chi connectivity index (χ1n) is 6.11. The summed E-state index contributed by atoms with van der Waals surface area (Å²) in [6.07, 6.45) is 3.41. The molecule has 0 aliphatic carbocycles. The van der Waals surface area contributed by atoms with Crippen LogP contribution in [0.5, 0.6) is 0 Å². The first kappa shape index (κ1) is 12.7. The average molecular weight is 272 g/mol. The van der Waals surface area contributed by atoms with Crippen molar-refractivity contribution in [1.29, 1.82) is 0 Å². The van der Waals surface area contributed by atoms with E-state index in [1.54, 1.807) is 24.5 Å². The number of benzene rings is 1. The molecule has 1 atom stereocenters. The number of nitrogens with zero attached hydrogens (tertiary/aromatic N) is 2. The summed E-state index contributed by atoms with van der Waals surface area (Å²) < 4.78 is 18.9. The molecule has 3 N–H and O–H groups in total. The van der Waals surface area contributed by atoms with Gasteiger partial charge in [0.15, 0.2) is 5.82 Å². The third-order valence-electron chi connectivity index (χ3n) is 3.01. The molecule has 20 heavy (non-hydrogen) atoms. The van der Waals surface area contributed by atoms with E-state index in [0.29, 0.717) is 22.6 Å². The van der Waals surface area contributed by atoms with E-state index in [9.17, 15) is 4.39 Å². The van der Waals surface area contributed by atoms with Crippen LogP contribution < -0.4 is 11.3 Å². The second kappa shape index (κ2) is 4.99. The van der Waals surface area contributed by atoms with Gasteiger partial charge in [-0.15, -0.1) is 0 Å². The molecule has 5 nitrogen and oxygen atoms in total. The van der Waals surface area contributed by atoms with Gasteiger partial charge in [0, 0.05) is 17.8 Å². The molecule has 0 aliphatic heterocycles. The maximum atomic E-state index is 13.2. The van der Waals surface area contributed by atoms with Crippen molar-refractivity contribution in [2.45, 2.75) is 13.0 Å². The van der Waals surface area contributed by atoms with Gasteiger partial charge >= 0.3 is 0 Å². The van der Waals surface area contributed by atoms with Gasteiger partial charge in [0.05, 0.1) is 0 Å². The first-order valence-corrected chi connectivity index (χ1v) is 6.11. The molecule has 0 saturated heterocycles. The summed E-state index contributed by atoms with van der Waals surface area (Å²) in [6, 6.07) is 5.59. The second-order valence-electron chi connectivity index (χ2n) is 4.55. The minimum absolute atomic E-state index is 0.311. The topological polar surface area (TPSA) is 77.0 Å². The quantitative estimate of drug-likeness (QED) is 0.564. The highest BCUT2D eigenvalue weighted by molar-refractivity contribution is 5.78. The number of nitrogens with one attached hydrogen (secondary N) is 1. The van der Waals surface area contributed by atoms with Gasteiger partial charge in [0.1, 0.15) is 23.2 Å². The van der Waals surface area contributed by atoms with Gasteiger partial charge in [-0.1, -0.05) is 0 Å². The summed E-state index contributed by atoms with van der Waals surface area (Å²) >= 11 is 0. The third-order valence-corrected chi connectivity index (χ3v) is 3.01. The molecule has 0 bridgehead atoms. The Morgan fingerprint density at radius 2 is 2.00 bits per heavy atom. The fraction of sp³-hybridized carbons (Fsp3) is 0.143. The van der Waals surface area contributed by atoms with Gasteiger partial charge in [0.2, 0.25) is 0 Å². The molecule has 0 saturated carbocycles. The SMILES string of the molecule is Cc1cnc(C(NN)c2cc3cc(F)ccc3o2)nc1. The molecule has 0 spiro atoms. The molecule has 1 unspecified atom stereocenters. The highest BCUT2D eigenvalue weighted by Gasteiger charge is 2.20. The lowest BCUT2D eigenvalue weighted by molar-refractivity contribution is 0.463. The van der Waals surface area contributed by atoms with Crippen LogP contribution in [-0.4, -0.2) is 9.97 Å². The lowest BCUT2D eigenvalue weighted by Crippen LogP contribution is -2.29. The number of hydrazine groups is 1. The highest BCUT2D eigenvalue weighted by Crippen LogP contribution is 2.26. The summed E-state index contributed by atoms with van der Waals surface area (Å²) in [4.78, 5) is 8.45. The van der Waals surface area contributed by atoms with E-state index in [1.165, 1.54) is 12.1 Å². The standard InChI is InChI=1S/C14H13FN4O/c1-8-6-17-14(18-7-8)13(19-16)12-5-9-4-10(15)2-3-11(9)20-12/h2-7,13,19H,16H2,1H3. The summed E-state index contributed by atoms with van der Waals surface area (Å²) in [5, 5.41) is 0.673. The number of aryl methyl sites for hydroxylation is 1. The Hall–Kier alpha value is -2.31. The maximum Gasteiger partial charge on any atom is 0.154 e. The Morgan fingerprint density at radius 3 is 2.70 bits per heavy atom. The molecule has 3 aromatic rings. The predicted molar refractivity (Wildman–Crippen MR) is 72.1 cm³/mol. The van der Waals surface area contributed by atoms with Crippen LogP contribution >= 0.6 is 0 Å². The number of halogens is 1. The molecule has 2 heterocycles. The average Bonchev–Trinajstić information content (AvgIpc) is 2.84. The van der Waals surface area contributed by atoms with Crippen LogP contribution in [0.4, 0.5) is 4.39 Å². The van der Waals surface area contributed by atoms with Gasteiger partial charge in [-0.05, 0) is 36.8 Å². The number of furan rings is 1. The number of hydrogen-bond donors (Lipinski definition) is 2. The zero-order valence-electron chi connectivity index (χ0n) is 10.8. The zero-order valence-corrected chi connectivity index (χ0v) is 10.8. The molecule has 0 aliphatic rings. The minimum Gasteiger partial charge on any atom is -0.459 e. The van der Waals surface area contributed by atoms with Gasteiger partial charge in [-0.25, -0.2) is 19.8 Å². The Bertz CT molecular complexity index is 739. The number of hydrogen-bond acceptors (Lipinski definition) is 5. The van der Waals surface area contributed by atoms with Crippen LogP contribution in [0.3, 0.4) is 0 Å². The molecule has 2 aromatic heterocycles. The molecule has 3 rings (SSSR count). The molecular formula is C14H13FN4O. The van der Waals surface area contributed by atoms with Gasteiger partial charge < -0.3 is 4.42 Å². The van der Waals surface area contributed by atoms with Crippen LogP contribution in [0.2, 0.25) is 0 Å². The first-order chi connectivity index (χ1) is 9.67.